The summed E-state index contributed by atoms with van der Waals surface area (Å²) in [6, 6.07) is 10.4. The highest BCUT2D eigenvalue weighted by atomic mass is 16.5. The van der Waals surface area contributed by atoms with E-state index in [1.165, 1.54) is 5.56 Å². The second kappa shape index (κ2) is 5.32. The molecule has 0 aliphatic carbocycles. The highest BCUT2D eigenvalue weighted by Gasteiger charge is 1.95. The van der Waals surface area contributed by atoms with E-state index < -0.39 is 0 Å². The van der Waals surface area contributed by atoms with Gasteiger partial charge >= 0.3 is 0 Å². The van der Waals surface area contributed by atoms with Gasteiger partial charge in [-0.05, 0) is 18.5 Å². The molecule has 0 atom stereocenters. The Morgan fingerprint density at radius 2 is 2.00 bits per heavy atom. The van der Waals surface area contributed by atoms with E-state index in [2.05, 4.69) is 34.7 Å². The van der Waals surface area contributed by atoms with Gasteiger partial charge in [-0.15, -0.1) is 0 Å². The summed E-state index contributed by atoms with van der Waals surface area (Å²) in [4.78, 5) is 0. The molecule has 0 saturated heterocycles. The Morgan fingerprint density at radius 3 is 2.73 bits per heavy atom. The van der Waals surface area contributed by atoms with Gasteiger partial charge in [0.2, 0.25) is 0 Å². The highest BCUT2D eigenvalue weighted by Crippen LogP contribution is 1.99. The maximum Gasteiger partial charge on any atom is 0.128 e. The lowest BCUT2D eigenvalue weighted by Gasteiger charge is -2.02. The van der Waals surface area contributed by atoms with Crippen LogP contribution in [-0.4, -0.2) is 11.7 Å². The Balaban J connectivity index is 1.68. The molecule has 1 aromatic carbocycles. The third-order valence-corrected chi connectivity index (χ3v) is 2.25. The molecule has 15 heavy (non-hydrogen) atoms. The molecule has 1 heterocycles. The van der Waals surface area contributed by atoms with Gasteiger partial charge in [-0.1, -0.05) is 35.5 Å². The molecule has 0 unspecified atom stereocenters. The summed E-state index contributed by atoms with van der Waals surface area (Å²) in [5, 5.41) is 6.98. The second-order valence-corrected chi connectivity index (χ2v) is 3.45. The molecule has 78 valence electrons. The SMILES string of the molecule is c1ccc(CCNCc2cnoc2)cc1. The lowest BCUT2D eigenvalue weighted by Crippen LogP contribution is -2.16. The summed E-state index contributed by atoms with van der Waals surface area (Å²) in [6.07, 6.45) is 4.44. The smallest absolute Gasteiger partial charge is 0.128 e. The first-order valence-electron chi connectivity index (χ1n) is 5.08. The Labute approximate surface area is 89.1 Å². The Hall–Kier alpha value is -1.61. The summed E-state index contributed by atoms with van der Waals surface area (Å²) in [5.74, 6) is 0. The van der Waals surface area contributed by atoms with Gasteiger partial charge in [0.1, 0.15) is 6.26 Å². The van der Waals surface area contributed by atoms with Crippen molar-refractivity contribution in [3.63, 3.8) is 0 Å². The van der Waals surface area contributed by atoms with Gasteiger partial charge in [0.15, 0.2) is 0 Å². The van der Waals surface area contributed by atoms with E-state index in [4.69, 9.17) is 4.52 Å². The van der Waals surface area contributed by atoms with Crippen LogP contribution < -0.4 is 5.32 Å². The van der Waals surface area contributed by atoms with Crippen LogP contribution in [0.2, 0.25) is 0 Å². The molecule has 0 bridgehead atoms. The fourth-order valence-corrected chi connectivity index (χ4v) is 1.42. The molecule has 0 amide bonds. The Morgan fingerprint density at radius 1 is 1.13 bits per heavy atom. The number of nitrogens with one attached hydrogen (secondary N) is 1. The first-order valence-corrected chi connectivity index (χ1v) is 5.08. The molecular weight excluding hydrogens is 188 g/mol. The number of hydrogen-bond donors (Lipinski definition) is 1. The molecule has 1 N–H and O–H groups in total. The quantitative estimate of drug-likeness (QED) is 0.754. The van der Waals surface area contributed by atoms with Gasteiger partial charge in [-0.3, -0.25) is 0 Å². The summed E-state index contributed by atoms with van der Waals surface area (Å²) >= 11 is 0. The molecule has 3 heteroatoms. The first kappa shape index (κ1) is 9.93. The van der Waals surface area contributed by atoms with Crippen LogP contribution in [0.3, 0.4) is 0 Å². The fraction of sp³-hybridized carbons (Fsp3) is 0.250. The Bertz CT molecular complexity index is 370. The van der Waals surface area contributed by atoms with E-state index in [1.807, 2.05) is 6.07 Å². The number of hydrogen-bond acceptors (Lipinski definition) is 3. The van der Waals surface area contributed by atoms with E-state index in [0.29, 0.717) is 0 Å². The maximum atomic E-state index is 4.74. The van der Waals surface area contributed by atoms with Crippen LogP contribution in [0, 0.1) is 0 Å². The fourth-order valence-electron chi connectivity index (χ4n) is 1.42. The van der Waals surface area contributed by atoms with Crippen LogP contribution in [0.25, 0.3) is 0 Å². The molecule has 0 aliphatic heterocycles. The molecule has 2 rings (SSSR count). The summed E-state index contributed by atoms with van der Waals surface area (Å²) in [6.45, 7) is 1.78. The molecular formula is C12H14N2O. The molecule has 0 saturated carbocycles. The lowest BCUT2D eigenvalue weighted by atomic mass is 10.1. The van der Waals surface area contributed by atoms with Crippen molar-refractivity contribution in [1.29, 1.82) is 0 Å². The molecule has 0 aliphatic rings. The van der Waals surface area contributed by atoms with Crippen LogP contribution in [0.1, 0.15) is 11.1 Å². The lowest BCUT2D eigenvalue weighted by molar-refractivity contribution is 0.418. The normalized spacial score (nSPS) is 10.4. The van der Waals surface area contributed by atoms with Crippen molar-refractivity contribution in [2.24, 2.45) is 0 Å². The summed E-state index contributed by atoms with van der Waals surface area (Å²) in [5.41, 5.74) is 2.44. The zero-order valence-corrected chi connectivity index (χ0v) is 8.52. The predicted molar refractivity (Wildman–Crippen MR) is 58.4 cm³/mol. The van der Waals surface area contributed by atoms with Crippen molar-refractivity contribution >= 4 is 0 Å². The van der Waals surface area contributed by atoms with Crippen molar-refractivity contribution < 1.29 is 4.52 Å². The number of benzene rings is 1. The minimum absolute atomic E-state index is 0.816. The van der Waals surface area contributed by atoms with Crippen LogP contribution in [0.5, 0.6) is 0 Å². The number of rotatable bonds is 5. The van der Waals surface area contributed by atoms with E-state index in [0.717, 1.165) is 25.1 Å². The van der Waals surface area contributed by atoms with Gasteiger partial charge < -0.3 is 9.84 Å². The number of nitrogens with zero attached hydrogens (tertiary/aromatic N) is 1. The summed E-state index contributed by atoms with van der Waals surface area (Å²) < 4.78 is 4.74. The van der Waals surface area contributed by atoms with Crippen molar-refractivity contribution in [1.82, 2.24) is 10.5 Å². The van der Waals surface area contributed by atoms with Crippen LogP contribution in [0.15, 0.2) is 47.3 Å². The molecule has 0 spiro atoms. The van der Waals surface area contributed by atoms with E-state index in [-0.39, 0.29) is 0 Å². The highest BCUT2D eigenvalue weighted by molar-refractivity contribution is 5.14. The second-order valence-electron chi connectivity index (χ2n) is 3.45. The average molecular weight is 202 g/mol. The third kappa shape index (κ3) is 3.22. The van der Waals surface area contributed by atoms with Gasteiger partial charge in [-0.25, -0.2) is 0 Å². The van der Waals surface area contributed by atoms with Gasteiger partial charge in [0, 0.05) is 12.1 Å². The standard InChI is InChI=1S/C12H14N2O/c1-2-4-11(5-3-1)6-7-13-8-12-9-14-15-10-12/h1-5,9-10,13H,6-8H2. The van der Waals surface area contributed by atoms with Gasteiger partial charge in [0.05, 0.1) is 6.20 Å². The molecule has 0 fully saturated rings. The third-order valence-electron chi connectivity index (χ3n) is 2.25. The minimum Gasteiger partial charge on any atom is -0.364 e. The molecule has 3 nitrogen and oxygen atoms in total. The van der Waals surface area contributed by atoms with Crippen LogP contribution in [-0.2, 0) is 13.0 Å². The van der Waals surface area contributed by atoms with Crippen molar-refractivity contribution in [3.05, 3.63) is 53.9 Å². The monoisotopic (exact) mass is 202 g/mol. The van der Waals surface area contributed by atoms with Crippen molar-refractivity contribution in [2.75, 3.05) is 6.54 Å². The van der Waals surface area contributed by atoms with Gasteiger partial charge in [-0.2, -0.15) is 0 Å². The largest absolute Gasteiger partial charge is 0.364 e. The molecule has 2 aromatic rings. The van der Waals surface area contributed by atoms with Gasteiger partial charge in [0.25, 0.3) is 0 Å². The summed E-state index contributed by atoms with van der Waals surface area (Å²) in [7, 11) is 0. The van der Waals surface area contributed by atoms with E-state index in [9.17, 15) is 0 Å². The van der Waals surface area contributed by atoms with E-state index >= 15 is 0 Å². The Kier molecular flexibility index (Phi) is 3.52. The zero-order chi connectivity index (χ0) is 10.3. The maximum absolute atomic E-state index is 4.74. The predicted octanol–water partition coefficient (Wildman–Crippen LogP) is 2.01. The van der Waals surface area contributed by atoms with Crippen LogP contribution >= 0.6 is 0 Å². The van der Waals surface area contributed by atoms with Crippen LogP contribution in [0.4, 0.5) is 0 Å². The average Bonchev–Trinajstić information content (AvgIpc) is 2.79. The number of aromatic nitrogens is 1. The van der Waals surface area contributed by atoms with Crippen molar-refractivity contribution in [2.45, 2.75) is 13.0 Å². The molecule has 0 radical (unpaired) electrons. The topological polar surface area (TPSA) is 38.1 Å². The first-order chi connectivity index (χ1) is 7.45. The van der Waals surface area contributed by atoms with E-state index in [1.54, 1.807) is 12.5 Å². The molecule has 1 aromatic heterocycles. The minimum atomic E-state index is 0.816. The van der Waals surface area contributed by atoms with Crippen molar-refractivity contribution in [3.8, 4) is 0 Å². The zero-order valence-electron chi connectivity index (χ0n) is 8.52.